The average molecular weight is 377 g/mol. The minimum absolute atomic E-state index is 0.0286. The van der Waals surface area contributed by atoms with Crippen LogP contribution in [0.1, 0.15) is 26.7 Å². The smallest absolute Gasteiger partial charge is 0.262 e. The molecular formula is C19H28N4O2S. The van der Waals surface area contributed by atoms with E-state index in [1.807, 2.05) is 46.1 Å². The van der Waals surface area contributed by atoms with Crippen molar-refractivity contribution in [1.29, 1.82) is 0 Å². The fourth-order valence-corrected chi connectivity index (χ4v) is 3.54. The first-order valence-electron chi connectivity index (χ1n) is 9.02. The Morgan fingerprint density at radius 2 is 2.08 bits per heavy atom. The number of carbonyl (C=O) groups is 1. The molecule has 1 aromatic carbocycles. The molecule has 2 aromatic rings. The summed E-state index contributed by atoms with van der Waals surface area (Å²) in [5.41, 5.74) is 0.628. The van der Waals surface area contributed by atoms with Crippen molar-refractivity contribution in [3.8, 4) is 0 Å². The van der Waals surface area contributed by atoms with E-state index in [1.165, 1.54) is 11.8 Å². The van der Waals surface area contributed by atoms with Crippen molar-refractivity contribution >= 4 is 28.6 Å². The second-order valence-electron chi connectivity index (χ2n) is 6.58. The van der Waals surface area contributed by atoms with Gasteiger partial charge in [-0.3, -0.25) is 14.2 Å². The SMILES string of the molecule is CCCNC(=O)[C@@H](C)Sc1nc2ccccc2c(=O)n1CCCN(C)C. The number of aromatic nitrogens is 2. The van der Waals surface area contributed by atoms with Crippen LogP contribution in [-0.4, -0.2) is 52.8 Å². The molecule has 1 heterocycles. The number of fused-ring (bicyclic) bond motifs is 1. The van der Waals surface area contributed by atoms with Gasteiger partial charge in [0.15, 0.2) is 5.16 Å². The van der Waals surface area contributed by atoms with Gasteiger partial charge < -0.3 is 10.2 Å². The van der Waals surface area contributed by atoms with Crippen molar-refractivity contribution in [2.75, 3.05) is 27.2 Å². The van der Waals surface area contributed by atoms with E-state index in [4.69, 9.17) is 0 Å². The Morgan fingerprint density at radius 3 is 2.77 bits per heavy atom. The molecule has 0 bridgehead atoms. The lowest BCUT2D eigenvalue weighted by Crippen LogP contribution is -2.32. The maximum absolute atomic E-state index is 12.9. The number of amides is 1. The fraction of sp³-hybridized carbons (Fsp3) is 0.526. The van der Waals surface area contributed by atoms with E-state index in [0.29, 0.717) is 29.1 Å². The van der Waals surface area contributed by atoms with E-state index < -0.39 is 0 Å². The van der Waals surface area contributed by atoms with Gasteiger partial charge in [0.1, 0.15) is 0 Å². The van der Waals surface area contributed by atoms with Crippen molar-refractivity contribution in [1.82, 2.24) is 19.8 Å². The molecule has 0 saturated carbocycles. The molecule has 0 saturated heterocycles. The van der Waals surface area contributed by atoms with Crippen LogP contribution in [0.25, 0.3) is 10.9 Å². The summed E-state index contributed by atoms with van der Waals surface area (Å²) < 4.78 is 1.71. The van der Waals surface area contributed by atoms with E-state index in [0.717, 1.165) is 19.4 Å². The van der Waals surface area contributed by atoms with Gasteiger partial charge >= 0.3 is 0 Å². The molecule has 1 atom stereocenters. The molecule has 1 N–H and O–H groups in total. The van der Waals surface area contributed by atoms with Gasteiger partial charge in [0.2, 0.25) is 5.91 Å². The summed E-state index contributed by atoms with van der Waals surface area (Å²) in [6, 6.07) is 7.37. The Bertz CT molecular complexity index is 804. The molecule has 7 heteroatoms. The van der Waals surface area contributed by atoms with Crippen molar-refractivity contribution < 1.29 is 4.79 Å². The molecule has 0 aliphatic heterocycles. The average Bonchev–Trinajstić information content (AvgIpc) is 2.61. The second kappa shape index (κ2) is 9.73. The summed E-state index contributed by atoms with van der Waals surface area (Å²) >= 11 is 1.34. The predicted molar refractivity (Wildman–Crippen MR) is 108 cm³/mol. The largest absolute Gasteiger partial charge is 0.355 e. The van der Waals surface area contributed by atoms with Gasteiger partial charge in [-0.15, -0.1) is 0 Å². The number of rotatable bonds is 9. The number of nitrogens with zero attached hydrogens (tertiary/aromatic N) is 3. The van der Waals surface area contributed by atoms with Crippen LogP contribution in [0.4, 0.5) is 0 Å². The van der Waals surface area contributed by atoms with Gasteiger partial charge in [0.25, 0.3) is 5.56 Å². The van der Waals surface area contributed by atoms with E-state index in [1.54, 1.807) is 10.6 Å². The number of benzene rings is 1. The summed E-state index contributed by atoms with van der Waals surface area (Å²) in [5.74, 6) is -0.0286. The van der Waals surface area contributed by atoms with Gasteiger partial charge in [0.05, 0.1) is 16.2 Å². The third-order valence-corrected chi connectivity index (χ3v) is 5.10. The Morgan fingerprint density at radius 1 is 1.35 bits per heavy atom. The predicted octanol–water partition coefficient (Wildman–Crippen LogP) is 2.36. The molecule has 26 heavy (non-hydrogen) atoms. The molecule has 0 spiro atoms. The van der Waals surface area contributed by atoms with Gasteiger partial charge in [-0.1, -0.05) is 30.8 Å². The monoisotopic (exact) mass is 376 g/mol. The number of thioether (sulfide) groups is 1. The quantitative estimate of drug-likeness (QED) is 0.537. The van der Waals surface area contributed by atoms with Crippen LogP contribution in [-0.2, 0) is 11.3 Å². The molecule has 0 fully saturated rings. The first kappa shape index (κ1) is 20.5. The van der Waals surface area contributed by atoms with Gasteiger partial charge in [-0.05, 0) is 52.5 Å². The van der Waals surface area contributed by atoms with Crippen LogP contribution in [0.15, 0.2) is 34.2 Å². The zero-order valence-corrected chi connectivity index (χ0v) is 16.8. The first-order chi connectivity index (χ1) is 12.4. The molecule has 1 aromatic heterocycles. The Hall–Kier alpha value is -1.86. The van der Waals surface area contributed by atoms with Crippen molar-refractivity contribution in [2.24, 2.45) is 0 Å². The number of hydrogen-bond acceptors (Lipinski definition) is 5. The Kier molecular flexibility index (Phi) is 7.66. The highest BCUT2D eigenvalue weighted by molar-refractivity contribution is 8.00. The Labute approximate surface area is 159 Å². The van der Waals surface area contributed by atoms with Crippen LogP contribution in [0.5, 0.6) is 0 Å². The highest BCUT2D eigenvalue weighted by atomic mass is 32.2. The first-order valence-corrected chi connectivity index (χ1v) is 9.90. The molecule has 2 rings (SSSR count). The zero-order chi connectivity index (χ0) is 19.1. The molecular weight excluding hydrogens is 348 g/mol. The summed E-state index contributed by atoms with van der Waals surface area (Å²) in [6.07, 6.45) is 1.74. The molecule has 1 amide bonds. The highest BCUT2D eigenvalue weighted by Gasteiger charge is 2.19. The lowest BCUT2D eigenvalue weighted by Gasteiger charge is -2.17. The molecule has 0 radical (unpaired) electrons. The minimum atomic E-state index is -0.310. The number of para-hydroxylation sites is 1. The lowest BCUT2D eigenvalue weighted by molar-refractivity contribution is -0.120. The molecule has 6 nitrogen and oxygen atoms in total. The summed E-state index contributed by atoms with van der Waals surface area (Å²) in [6.45, 7) is 5.99. The van der Waals surface area contributed by atoms with E-state index in [2.05, 4.69) is 15.2 Å². The van der Waals surface area contributed by atoms with Crippen LogP contribution in [0, 0.1) is 0 Å². The van der Waals surface area contributed by atoms with Crippen LogP contribution < -0.4 is 10.9 Å². The van der Waals surface area contributed by atoms with Gasteiger partial charge in [-0.2, -0.15) is 0 Å². The topological polar surface area (TPSA) is 67.2 Å². The number of nitrogens with one attached hydrogen (secondary N) is 1. The third-order valence-electron chi connectivity index (χ3n) is 4.01. The van der Waals surface area contributed by atoms with Gasteiger partial charge in [0, 0.05) is 13.1 Å². The summed E-state index contributed by atoms with van der Waals surface area (Å²) in [5, 5.41) is 3.81. The molecule has 142 valence electrons. The van der Waals surface area contributed by atoms with Crippen molar-refractivity contribution in [2.45, 2.75) is 43.6 Å². The highest BCUT2D eigenvalue weighted by Crippen LogP contribution is 2.23. The van der Waals surface area contributed by atoms with Crippen molar-refractivity contribution in [3.63, 3.8) is 0 Å². The van der Waals surface area contributed by atoms with Crippen LogP contribution in [0.2, 0.25) is 0 Å². The van der Waals surface area contributed by atoms with Crippen LogP contribution >= 0.6 is 11.8 Å². The number of carbonyl (C=O) groups excluding carboxylic acids is 1. The second-order valence-corrected chi connectivity index (χ2v) is 7.88. The molecule has 0 aliphatic carbocycles. The normalized spacial score (nSPS) is 12.5. The van der Waals surface area contributed by atoms with E-state index >= 15 is 0 Å². The maximum atomic E-state index is 12.9. The number of hydrogen-bond donors (Lipinski definition) is 1. The lowest BCUT2D eigenvalue weighted by atomic mass is 10.2. The third kappa shape index (κ3) is 5.32. The van der Waals surface area contributed by atoms with Crippen LogP contribution in [0.3, 0.4) is 0 Å². The standard InChI is InChI=1S/C19H28N4O2S/c1-5-11-20-17(24)14(2)26-19-21-16-10-7-6-9-15(16)18(25)23(19)13-8-12-22(3)4/h6-7,9-10,14H,5,8,11-13H2,1-4H3,(H,20,24)/t14-/m1/s1. The molecule has 0 aliphatic rings. The van der Waals surface area contributed by atoms with Gasteiger partial charge in [-0.25, -0.2) is 4.98 Å². The fourth-order valence-electron chi connectivity index (χ4n) is 2.58. The maximum Gasteiger partial charge on any atom is 0.262 e. The zero-order valence-electron chi connectivity index (χ0n) is 16.0. The molecule has 0 unspecified atom stereocenters. The van der Waals surface area contributed by atoms with E-state index in [9.17, 15) is 9.59 Å². The summed E-state index contributed by atoms with van der Waals surface area (Å²) in [7, 11) is 4.02. The van der Waals surface area contributed by atoms with E-state index in [-0.39, 0.29) is 16.7 Å². The minimum Gasteiger partial charge on any atom is -0.355 e. The summed E-state index contributed by atoms with van der Waals surface area (Å²) in [4.78, 5) is 31.9. The van der Waals surface area contributed by atoms with Crippen molar-refractivity contribution in [3.05, 3.63) is 34.6 Å². The Balaban J connectivity index is 2.32.